The van der Waals surface area contributed by atoms with Crippen LogP contribution in [0.5, 0.6) is 0 Å². The lowest BCUT2D eigenvalue weighted by atomic mass is 10.0. The smallest absolute Gasteiger partial charge is 0.230 e. The highest BCUT2D eigenvalue weighted by Crippen LogP contribution is 2.24. The molecule has 0 saturated carbocycles. The minimum Gasteiger partial charge on any atom is -0.353 e. The third kappa shape index (κ3) is 5.79. The molecule has 1 heterocycles. The van der Waals surface area contributed by atoms with E-state index >= 15 is 0 Å². The highest BCUT2D eigenvalue weighted by molar-refractivity contribution is 8.02. The van der Waals surface area contributed by atoms with Crippen molar-refractivity contribution in [2.45, 2.75) is 24.6 Å². The van der Waals surface area contributed by atoms with Gasteiger partial charge in [0, 0.05) is 11.8 Å². The summed E-state index contributed by atoms with van der Waals surface area (Å²) in [6, 6.07) is 8.44. The molecule has 0 spiro atoms. The quantitative estimate of drug-likeness (QED) is 0.790. The molecule has 1 aliphatic heterocycles. The molecule has 1 N–H and O–H groups in total. The minimum atomic E-state index is -2.88. The second-order valence-electron chi connectivity index (χ2n) is 6.53. The van der Waals surface area contributed by atoms with Crippen LogP contribution in [0, 0.1) is 6.92 Å². The fourth-order valence-electron chi connectivity index (χ4n) is 2.73. The molecule has 7 heteroatoms. The summed E-state index contributed by atoms with van der Waals surface area (Å²) in [6.45, 7) is 2.59. The molecule has 5 nitrogen and oxygen atoms in total. The van der Waals surface area contributed by atoms with Crippen LogP contribution in [0.15, 0.2) is 24.3 Å². The van der Waals surface area contributed by atoms with Crippen LogP contribution in [0.25, 0.3) is 0 Å². The number of amides is 1. The number of nitrogens with zero attached hydrogens (tertiary/aromatic N) is 1. The van der Waals surface area contributed by atoms with Crippen molar-refractivity contribution in [1.29, 1.82) is 0 Å². The number of likely N-dealkylation sites (N-methyl/N-ethyl adjacent to an activating group) is 1. The zero-order chi connectivity index (χ0) is 17.7. The summed E-state index contributed by atoms with van der Waals surface area (Å²) in [5.41, 5.74) is 2.38. The Bertz CT molecular complexity index is 657. The van der Waals surface area contributed by atoms with Crippen molar-refractivity contribution in [3.05, 3.63) is 35.4 Å². The Morgan fingerprint density at radius 3 is 2.54 bits per heavy atom. The van der Waals surface area contributed by atoms with E-state index in [0.29, 0.717) is 18.7 Å². The van der Waals surface area contributed by atoms with Crippen LogP contribution < -0.4 is 5.32 Å². The molecule has 0 radical (unpaired) electrons. The Morgan fingerprint density at radius 1 is 1.33 bits per heavy atom. The van der Waals surface area contributed by atoms with E-state index in [1.165, 1.54) is 22.9 Å². The average Bonchev–Trinajstić information content (AvgIpc) is 2.86. The van der Waals surface area contributed by atoms with E-state index in [1.54, 1.807) is 0 Å². The molecule has 0 aromatic heterocycles. The standard InChI is InChI=1S/C17H26N2O3S2/c1-13-4-6-14(7-5-13)16(19(2)3)10-18-17(20)11-23-15-8-9-24(21,22)12-15/h4-7,15-16H,8-12H2,1-3H3,(H,18,20)/t15-,16+/m1/s1. The summed E-state index contributed by atoms with van der Waals surface area (Å²) in [7, 11) is 1.11. The largest absolute Gasteiger partial charge is 0.353 e. The van der Waals surface area contributed by atoms with Gasteiger partial charge in [-0.05, 0) is 33.0 Å². The third-order valence-corrected chi connectivity index (χ3v) is 7.50. The molecule has 2 rings (SSSR count). The lowest BCUT2D eigenvalue weighted by Gasteiger charge is -2.25. The van der Waals surface area contributed by atoms with Gasteiger partial charge in [0.25, 0.3) is 0 Å². The van der Waals surface area contributed by atoms with Crippen molar-refractivity contribution in [1.82, 2.24) is 10.2 Å². The Morgan fingerprint density at radius 2 is 2.00 bits per heavy atom. The summed E-state index contributed by atoms with van der Waals surface area (Å²) in [5.74, 6) is 0.730. The Kier molecular flexibility index (Phi) is 6.71. The van der Waals surface area contributed by atoms with Crippen LogP contribution in [0.1, 0.15) is 23.6 Å². The molecule has 134 valence electrons. The third-order valence-electron chi connectivity index (χ3n) is 4.22. The number of benzene rings is 1. The number of hydrogen-bond donors (Lipinski definition) is 1. The summed E-state index contributed by atoms with van der Waals surface area (Å²) < 4.78 is 22.9. The summed E-state index contributed by atoms with van der Waals surface area (Å²) in [6.07, 6.45) is 0.657. The highest BCUT2D eigenvalue weighted by Gasteiger charge is 2.28. The first-order valence-corrected chi connectivity index (χ1v) is 11.0. The Balaban J connectivity index is 1.81. The van der Waals surface area contributed by atoms with Crippen LogP contribution in [0.3, 0.4) is 0 Å². The maximum absolute atomic E-state index is 12.1. The summed E-state index contributed by atoms with van der Waals surface area (Å²) >= 11 is 1.45. The molecule has 1 saturated heterocycles. The van der Waals surface area contributed by atoms with Crippen molar-refractivity contribution < 1.29 is 13.2 Å². The molecule has 24 heavy (non-hydrogen) atoms. The van der Waals surface area contributed by atoms with Crippen LogP contribution >= 0.6 is 11.8 Å². The first-order valence-electron chi connectivity index (χ1n) is 8.08. The maximum atomic E-state index is 12.1. The van der Waals surface area contributed by atoms with Crippen molar-refractivity contribution in [3.63, 3.8) is 0 Å². The fourth-order valence-corrected chi connectivity index (χ4v) is 6.21. The van der Waals surface area contributed by atoms with Crippen LogP contribution in [-0.2, 0) is 14.6 Å². The van der Waals surface area contributed by atoms with E-state index in [-0.39, 0.29) is 28.7 Å². The molecule has 0 unspecified atom stereocenters. The highest BCUT2D eigenvalue weighted by atomic mass is 32.2. The number of hydrogen-bond acceptors (Lipinski definition) is 5. The number of carbonyl (C=O) groups is 1. The van der Waals surface area contributed by atoms with Crippen molar-refractivity contribution in [2.24, 2.45) is 0 Å². The fraction of sp³-hybridized carbons (Fsp3) is 0.588. The van der Waals surface area contributed by atoms with E-state index in [9.17, 15) is 13.2 Å². The van der Waals surface area contributed by atoms with Gasteiger partial charge in [0.05, 0.1) is 23.3 Å². The van der Waals surface area contributed by atoms with Gasteiger partial charge in [0.15, 0.2) is 9.84 Å². The van der Waals surface area contributed by atoms with Gasteiger partial charge in [-0.3, -0.25) is 4.79 Å². The van der Waals surface area contributed by atoms with Gasteiger partial charge in [0.2, 0.25) is 5.91 Å². The van der Waals surface area contributed by atoms with Gasteiger partial charge in [0.1, 0.15) is 0 Å². The molecule has 1 amide bonds. The second-order valence-corrected chi connectivity index (χ2v) is 10.0. The van der Waals surface area contributed by atoms with Gasteiger partial charge in [-0.2, -0.15) is 0 Å². The first kappa shape index (κ1) is 19.3. The van der Waals surface area contributed by atoms with Crippen molar-refractivity contribution >= 4 is 27.5 Å². The zero-order valence-corrected chi connectivity index (χ0v) is 16.1. The maximum Gasteiger partial charge on any atom is 0.230 e. The molecule has 1 aromatic rings. The number of nitrogens with one attached hydrogen (secondary N) is 1. The van der Waals surface area contributed by atoms with Gasteiger partial charge < -0.3 is 10.2 Å². The molecule has 1 aromatic carbocycles. The van der Waals surface area contributed by atoms with Gasteiger partial charge in [-0.1, -0.05) is 29.8 Å². The van der Waals surface area contributed by atoms with Gasteiger partial charge in [-0.15, -0.1) is 11.8 Å². The predicted octanol–water partition coefficient (Wildman–Crippen LogP) is 1.63. The number of thioether (sulfide) groups is 1. The number of aryl methyl sites for hydroxylation is 1. The van der Waals surface area contributed by atoms with Crippen LogP contribution in [0.4, 0.5) is 0 Å². The number of carbonyl (C=O) groups excluding carboxylic acids is 1. The topological polar surface area (TPSA) is 66.5 Å². The molecule has 2 atom stereocenters. The lowest BCUT2D eigenvalue weighted by Crippen LogP contribution is -2.35. The molecule has 1 fully saturated rings. The SMILES string of the molecule is Cc1ccc([C@H](CNC(=O)CS[C@@H]2CCS(=O)(=O)C2)N(C)C)cc1. The summed E-state index contributed by atoms with van der Waals surface area (Å²) in [4.78, 5) is 14.2. The molecular weight excluding hydrogens is 344 g/mol. The average molecular weight is 371 g/mol. The Labute approximate surface area is 149 Å². The molecule has 1 aliphatic rings. The minimum absolute atomic E-state index is 0.0386. The molecule has 0 bridgehead atoms. The number of sulfone groups is 1. The molecular formula is C17H26N2O3S2. The normalized spacial score (nSPS) is 20.9. The van der Waals surface area contributed by atoms with Crippen LogP contribution in [-0.4, -0.2) is 62.4 Å². The zero-order valence-electron chi connectivity index (χ0n) is 14.5. The van der Waals surface area contributed by atoms with E-state index in [2.05, 4.69) is 41.4 Å². The summed E-state index contributed by atoms with van der Waals surface area (Å²) in [5, 5.41) is 3.03. The predicted molar refractivity (Wildman–Crippen MR) is 100 cm³/mol. The number of rotatable bonds is 7. The van der Waals surface area contributed by atoms with E-state index in [0.717, 1.165) is 0 Å². The molecule has 0 aliphatic carbocycles. The van der Waals surface area contributed by atoms with E-state index < -0.39 is 9.84 Å². The monoisotopic (exact) mass is 370 g/mol. The second kappa shape index (κ2) is 8.36. The van der Waals surface area contributed by atoms with E-state index in [4.69, 9.17) is 0 Å². The van der Waals surface area contributed by atoms with Crippen molar-refractivity contribution in [2.75, 3.05) is 37.9 Å². The Hall–Kier alpha value is -1.05. The van der Waals surface area contributed by atoms with E-state index in [1.807, 2.05) is 14.1 Å². The van der Waals surface area contributed by atoms with Crippen LogP contribution in [0.2, 0.25) is 0 Å². The first-order chi connectivity index (χ1) is 11.3. The lowest BCUT2D eigenvalue weighted by molar-refractivity contribution is -0.118. The van der Waals surface area contributed by atoms with Gasteiger partial charge in [-0.25, -0.2) is 8.42 Å². The van der Waals surface area contributed by atoms with Crippen molar-refractivity contribution in [3.8, 4) is 0 Å². The van der Waals surface area contributed by atoms with Gasteiger partial charge >= 0.3 is 0 Å².